The van der Waals surface area contributed by atoms with E-state index in [1.165, 1.54) is 12.1 Å². The van der Waals surface area contributed by atoms with Gasteiger partial charge in [-0.15, -0.1) is 0 Å². The van der Waals surface area contributed by atoms with Crippen molar-refractivity contribution in [1.82, 2.24) is 4.98 Å². The predicted octanol–water partition coefficient (Wildman–Crippen LogP) is 3.38. The van der Waals surface area contributed by atoms with Crippen molar-refractivity contribution >= 4 is 17.4 Å². The van der Waals surface area contributed by atoms with E-state index in [1.54, 1.807) is 24.0 Å². The van der Waals surface area contributed by atoms with Crippen LogP contribution in [0.3, 0.4) is 0 Å². The summed E-state index contributed by atoms with van der Waals surface area (Å²) in [5.41, 5.74) is 2.60. The fourth-order valence-corrected chi connectivity index (χ4v) is 3.07. The molecule has 0 saturated carbocycles. The van der Waals surface area contributed by atoms with E-state index in [9.17, 15) is 9.18 Å². The van der Waals surface area contributed by atoms with E-state index in [-0.39, 0.29) is 17.8 Å². The number of aromatic nitrogens is 1. The Kier molecular flexibility index (Phi) is 4.88. The molecule has 1 N–H and O–H groups in total. The second kappa shape index (κ2) is 7.09. The Morgan fingerprint density at radius 2 is 2.12 bits per heavy atom. The van der Waals surface area contributed by atoms with Gasteiger partial charge in [-0.3, -0.25) is 4.79 Å². The average Bonchev–Trinajstić information content (AvgIpc) is 2.57. The summed E-state index contributed by atoms with van der Waals surface area (Å²) < 4.78 is 18.9. The molecule has 132 valence electrons. The minimum Gasteiger partial charge on any atom is -0.474 e. The number of benzene rings is 1. The molecule has 6 heteroatoms. The van der Waals surface area contributed by atoms with E-state index in [1.807, 2.05) is 19.9 Å². The molecule has 3 rings (SSSR count). The van der Waals surface area contributed by atoms with Crippen LogP contribution < -0.4 is 15.0 Å². The molecule has 0 unspecified atom stereocenters. The highest BCUT2D eigenvalue weighted by molar-refractivity contribution is 5.94. The number of nitrogens with zero attached hydrogens (tertiary/aromatic N) is 2. The fourth-order valence-electron chi connectivity index (χ4n) is 3.07. The van der Waals surface area contributed by atoms with Crippen molar-refractivity contribution in [3.63, 3.8) is 0 Å². The summed E-state index contributed by atoms with van der Waals surface area (Å²) in [6, 6.07) is 8.30. The highest BCUT2D eigenvalue weighted by atomic mass is 19.1. The number of amides is 1. The summed E-state index contributed by atoms with van der Waals surface area (Å²) in [5, 5.41) is 3.24. The highest BCUT2D eigenvalue weighted by Gasteiger charge is 2.29. The number of pyridine rings is 1. The van der Waals surface area contributed by atoms with E-state index in [2.05, 4.69) is 10.3 Å². The molecular formula is C19H22FN3O2. The van der Waals surface area contributed by atoms with Gasteiger partial charge >= 0.3 is 0 Å². The lowest BCUT2D eigenvalue weighted by Gasteiger charge is -2.34. The summed E-state index contributed by atoms with van der Waals surface area (Å²) in [4.78, 5) is 18.4. The molecule has 0 spiro atoms. The van der Waals surface area contributed by atoms with Gasteiger partial charge in [0.2, 0.25) is 11.8 Å². The molecule has 2 aromatic rings. The van der Waals surface area contributed by atoms with Crippen LogP contribution in [0.5, 0.6) is 5.88 Å². The topological polar surface area (TPSA) is 54.5 Å². The molecule has 1 atom stereocenters. The summed E-state index contributed by atoms with van der Waals surface area (Å²) in [6.45, 7) is 6.62. The quantitative estimate of drug-likeness (QED) is 0.925. The van der Waals surface area contributed by atoms with Crippen molar-refractivity contribution in [2.75, 3.05) is 23.4 Å². The Labute approximate surface area is 146 Å². The van der Waals surface area contributed by atoms with Gasteiger partial charge in [0.15, 0.2) is 0 Å². The van der Waals surface area contributed by atoms with Crippen molar-refractivity contribution in [2.24, 2.45) is 0 Å². The van der Waals surface area contributed by atoms with E-state index < -0.39 is 0 Å². The molecule has 0 fully saturated rings. The molecule has 25 heavy (non-hydrogen) atoms. The number of anilines is 2. The Hall–Kier alpha value is -2.63. The standard InChI is InChI=1S/C19H22FN3O2/c1-4-21-18-15(9-14-5-7-16(20)8-6-14)10-17-19(22-18)25-11-12(2)23(17)13(3)24/h5-8,10,12H,4,9,11H2,1-3H3,(H,21,22)/t12-/m0/s1. The van der Waals surface area contributed by atoms with Crippen LogP contribution in [-0.2, 0) is 11.2 Å². The second-order valence-corrected chi connectivity index (χ2v) is 6.20. The number of fused-ring (bicyclic) bond motifs is 1. The molecule has 0 saturated heterocycles. The lowest BCUT2D eigenvalue weighted by Crippen LogP contribution is -2.44. The van der Waals surface area contributed by atoms with Crippen LogP contribution in [0.2, 0.25) is 0 Å². The Morgan fingerprint density at radius 1 is 1.40 bits per heavy atom. The number of ether oxygens (including phenoxy) is 1. The first-order valence-corrected chi connectivity index (χ1v) is 8.44. The molecule has 1 aliphatic rings. The Bertz CT molecular complexity index is 777. The maximum Gasteiger partial charge on any atom is 0.240 e. The van der Waals surface area contributed by atoms with Crippen LogP contribution >= 0.6 is 0 Å². The van der Waals surface area contributed by atoms with Crippen molar-refractivity contribution in [2.45, 2.75) is 33.2 Å². The molecule has 1 aliphatic heterocycles. The third-order valence-corrected chi connectivity index (χ3v) is 4.20. The summed E-state index contributed by atoms with van der Waals surface area (Å²) >= 11 is 0. The zero-order valence-corrected chi connectivity index (χ0v) is 14.7. The second-order valence-electron chi connectivity index (χ2n) is 6.20. The largest absolute Gasteiger partial charge is 0.474 e. The molecule has 2 heterocycles. The molecule has 1 amide bonds. The van der Waals surface area contributed by atoms with Crippen molar-refractivity contribution in [1.29, 1.82) is 0 Å². The normalized spacial score (nSPS) is 16.2. The van der Waals surface area contributed by atoms with Gasteiger partial charge in [0.05, 0.1) is 6.04 Å². The zero-order chi connectivity index (χ0) is 18.0. The summed E-state index contributed by atoms with van der Waals surface area (Å²) in [7, 11) is 0. The lowest BCUT2D eigenvalue weighted by molar-refractivity contribution is -0.117. The van der Waals surface area contributed by atoms with Crippen LogP contribution in [0.4, 0.5) is 15.9 Å². The number of hydrogen-bond acceptors (Lipinski definition) is 4. The van der Waals surface area contributed by atoms with Gasteiger partial charge in [-0.05, 0) is 37.6 Å². The fraction of sp³-hybridized carbons (Fsp3) is 0.368. The van der Waals surface area contributed by atoms with Gasteiger partial charge in [-0.2, -0.15) is 4.98 Å². The van der Waals surface area contributed by atoms with Crippen molar-refractivity contribution < 1.29 is 13.9 Å². The predicted molar refractivity (Wildman–Crippen MR) is 95.7 cm³/mol. The minimum atomic E-state index is -0.260. The average molecular weight is 343 g/mol. The maximum atomic E-state index is 13.1. The van der Waals surface area contributed by atoms with Gasteiger partial charge in [0.25, 0.3) is 0 Å². The maximum absolute atomic E-state index is 13.1. The molecule has 1 aromatic heterocycles. The Morgan fingerprint density at radius 3 is 2.76 bits per heavy atom. The van der Waals surface area contributed by atoms with Crippen molar-refractivity contribution in [3.8, 4) is 5.88 Å². The van der Waals surface area contributed by atoms with Gasteiger partial charge < -0.3 is 15.0 Å². The third kappa shape index (κ3) is 3.57. The summed E-state index contributed by atoms with van der Waals surface area (Å²) in [5.74, 6) is 0.891. The first-order valence-electron chi connectivity index (χ1n) is 8.44. The van der Waals surface area contributed by atoms with Gasteiger partial charge in [-0.25, -0.2) is 4.39 Å². The van der Waals surface area contributed by atoms with E-state index >= 15 is 0 Å². The Balaban J connectivity index is 2.03. The van der Waals surface area contributed by atoms with E-state index in [4.69, 9.17) is 4.74 Å². The molecule has 0 bridgehead atoms. The highest BCUT2D eigenvalue weighted by Crippen LogP contribution is 2.36. The van der Waals surface area contributed by atoms with Crippen LogP contribution in [0.1, 0.15) is 31.9 Å². The monoisotopic (exact) mass is 343 g/mol. The molecule has 0 radical (unpaired) electrons. The zero-order valence-electron chi connectivity index (χ0n) is 14.7. The van der Waals surface area contributed by atoms with Gasteiger partial charge in [0, 0.05) is 25.5 Å². The van der Waals surface area contributed by atoms with E-state index in [0.717, 1.165) is 23.5 Å². The number of carbonyl (C=O) groups is 1. The number of carbonyl (C=O) groups excluding carboxylic acids is 1. The molecular weight excluding hydrogens is 321 g/mol. The third-order valence-electron chi connectivity index (χ3n) is 4.20. The minimum absolute atomic E-state index is 0.0391. The lowest BCUT2D eigenvalue weighted by atomic mass is 10.0. The van der Waals surface area contributed by atoms with Crippen LogP contribution in [-0.4, -0.2) is 30.1 Å². The first-order chi connectivity index (χ1) is 12.0. The molecule has 5 nitrogen and oxygen atoms in total. The SMILES string of the molecule is CCNc1nc2c(cc1Cc1ccc(F)cc1)N(C(C)=O)[C@@H](C)CO2. The molecule has 1 aromatic carbocycles. The summed E-state index contributed by atoms with van der Waals surface area (Å²) in [6.07, 6.45) is 0.586. The number of rotatable bonds is 4. The van der Waals surface area contributed by atoms with Gasteiger partial charge in [0.1, 0.15) is 23.9 Å². The number of halogens is 1. The van der Waals surface area contributed by atoms with E-state index in [0.29, 0.717) is 24.6 Å². The molecule has 0 aliphatic carbocycles. The van der Waals surface area contributed by atoms with Crippen LogP contribution in [0, 0.1) is 5.82 Å². The number of nitrogens with one attached hydrogen (secondary N) is 1. The van der Waals surface area contributed by atoms with Crippen LogP contribution in [0.15, 0.2) is 30.3 Å². The smallest absolute Gasteiger partial charge is 0.240 e. The van der Waals surface area contributed by atoms with Crippen LogP contribution in [0.25, 0.3) is 0 Å². The van der Waals surface area contributed by atoms with Crippen molar-refractivity contribution in [3.05, 3.63) is 47.3 Å². The van der Waals surface area contributed by atoms with Gasteiger partial charge in [-0.1, -0.05) is 12.1 Å². The first kappa shape index (κ1) is 17.2. The number of hydrogen-bond donors (Lipinski definition) is 1.